The highest BCUT2D eigenvalue weighted by Gasteiger charge is 2.22. The van der Waals surface area contributed by atoms with Gasteiger partial charge in [-0.2, -0.15) is 0 Å². The van der Waals surface area contributed by atoms with E-state index in [-0.39, 0.29) is 0 Å². The minimum absolute atomic E-state index is 0.488. The SMILES string of the molecule is OC1CCCc2nnc(Cc3cccc(Cl)c3)n21. The molecular weight excluding hydrogens is 250 g/mol. The minimum atomic E-state index is -0.488. The van der Waals surface area contributed by atoms with Crippen molar-refractivity contribution in [3.63, 3.8) is 0 Å². The van der Waals surface area contributed by atoms with E-state index in [9.17, 15) is 5.11 Å². The van der Waals surface area contributed by atoms with Gasteiger partial charge >= 0.3 is 0 Å². The van der Waals surface area contributed by atoms with Crippen molar-refractivity contribution in [2.45, 2.75) is 31.9 Å². The third kappa shape index (κ3) is 2.13. The van der Waals surface area contributed by atoms with Crippen molar-refractivity contribution >= 4 is 11.6 Å². The van der Waals surface area contributed by atoms with E-state index in [0.29, 0.717) is 11.4 Å². The summed E-state index contributed by atoms with van der Waals surface area (Å²) in [6.07, 6.45) is 2.78. The zero-order valence-electron chi connectivity index (χ0n) is 9.88. The molecule has 0 fully saturated rings. The third-order valence-electron chi connectivity index (χ3n) is 3.25. The van der Waals surface area contributed by atoms with E-state index >= 15 is 0 Å². The summed E-state index contributed by atoms with van der Waals surface area (Å²) in [7, 11) is 0. The Bertz CT molecular complexity index is 567. The summed E-state index contributed by atoms with van der Waals surface area (Å²) in [6.45, 7) is 0. The molecule has 5 heteroatoms. The van der Waals surface area contributed by atoms with Gasteiger partial charge in [0, 0.05) is 17.9 Å². The fourth-order valence-corrected chi connectivity index (χ4v) is 2.61. The molecule has 1 N–H and O–H groups in total. The van der Waals surface area contributed by atoms with Crippen LogP contribution < -0.4 is 0 Å². The minimum Gasteiger partial charge on any atom is -0.373 e. The molecule has 1 aromatic carbocycles. The van der Waals surface area contributed by atoms with Crippen LogP contribution in [0.1, 0.15) is 36.3 Å². The number of aliphatic hydroxyl groups excluding tert-OH is 1. The molecule has 0 spiro atoms. The van der Waals surface area contributed by atoms with Crippen LogP contribution in [0.3, 0.4) is 0 Å². The summed E-state index contributed by atoms with van der Waals surface area (Å²) < 4.78 is 1.85. The van der Waals surface area contributed by atoms with Gasteiger partial charge < -0.3 is 5.11 Å². The number of nitrogens with zero attached hydrogens (tertiary/aromatic N) is 3. The van der Waals surface area contributed by atoms with E-state index in [1.54, 1.807) is 0 Å². The van der Waals surface area contributed by atoms with Crippen LogP contribution >= 0.6 is 11.6 Å². The normalized spacial score (nSPS) is 18.7. The first kappa shape index (κ1) is 11.7. The fourth-order valence-electron chi connectivity index (χ4n) is 2.40. The van der Waals surface area contributed by atoms with Crippen molar-refractivity contribution in [2.75, 3.05) is 0 Å². The summed E-state index contributed by atoms with van der Waals surface area (Å²) in [5, 5.41) is 19.1. The van der Waals surface area contributed by atoms with Crippen LogP contribution in [0.5, 0.6) is 0 Å². The largest absolute Gasteiger partial charge is 0.373 e. The van der Waals surface area contributed by atoms with Crippen molar-refractivity contribution < 1.29 is 5.11 Å². The van der Waals surface area contributed by atoms with Crippen LogP contribution in [0, 0.1) is 0 Å². The lowest BCUT2D eigenvalue weighted by Crippen LogP contribution is -2.19. The average molecular weight is 264 g/mol. The molecule has 2 heterocycles. The van der Waals surface area contributed by atoms with Crippen molar-refractivity contribution in [3.05, 3.63) is 46.5 Å². The molecule has 1 aliphatic rings. The highest BCUT2D eigenvalue weighted by Crippen LogP contribution is 2.24. The van der Waals surface area contributed by atoms with E-state index in [0.717, 1.165) is 36.5 Å². The Morgan fingerprint density at radius 1 is 1.39 bits per heavy atom. The van der Waals surface area contributed by atoms with Crippen molar-refractivity contribution in [1.29, 1.82) is 0 Å². The van der Waals surface area contributed by atoms with Crippen molar-refractivity contribution in [2.24, 2.45) is 0 Å². The molecule has 18 heavy (non-hydrogen) atoms. The highest BCUT2D eigenvalue weighted by atomic mass is 35.5. The molecule has 0 radical (unpaired) electrons. The summed E-state index contributed by atoms with van der Waals surface area (Å²) in [6, 6.07) is 7.68. The van der Waals surface area contributed by atoms with Crippen LogP contribution in [-0.4, -0.2) is 19.9 Å². The number of aliphatic hydroxyl groups is 1. The quantitative estimate of drug-likeness (QED) is 0.905. The fraction of sp³-hybridized carbons (Fsp3) is 0.385. The lowest BCUT2D eigenvalue weighted by Gasteiger charge is -2.21. The van der Waals surface area contributed by atoms with Gasteiger partial charge in [-0.1, -0.05) is 23.7 Å². The Morgan fingerprint density at radius 2 is 2.28 bits per heavy atom. The molecule has 2 aromatic rings. The van der Waals surface area contributed by atoms with Crippen molar-refractivity contribution in [3.8, 4) is 0 Å². The first-order valence-electron chi connectivity index (χ1n) is 6.09. The predicted molar refractivity (Wildman–Crippen MR) is 68.5 cm³/mol. The zero-order chi connectivity index (χ0) is 12.5. The van der Waals surface area contributed by atoms with Crippen LogP contribution in [0.15, 0.2) is 24.3 Å². The average Bonchev–Trinajstić information content (AvgIpc) is 2.74. The molecular formula is C13H14ClN3O. The molecule has 0 saturated heterocycles. The Morgan fingerprint density at radius 3 is 3.11 bits per heavy atom. The third-order valence-corrected chi connectivity index (χ3v) is 3.48. The number of benzene rings is 1. The van der Waals surface area contributed by atoms with E-state index in [2.05, 4.69) is 10.2 Å². The molecule has 1 aliphatic heterocycles. The van der Waals surface area contributed by atoms with Gasteiger partial charge in [-0.25, -0.2) is 0 Å². The number of hydrogen-bond acceptors (Lipinski definition) is 3. The van der Waals surface area contributed by atoms with Gasteiger partial charge in [0.1, 0.15) is 17.9 Å². The Balaban J connectivity index is 1.92. The Labute approximate surface area is 110 Å². The smallest absolute Gasteiger partial charge is 0.139 e. The molecule has 1 atom stereocenters. The molecule has 3 rings (SSSR count). The highest BCUT2D eigenvalue weighted by molar-refractivity contribution is 6.30. The summed E-state index contributed by atoms with van der Waals surface area (Å²) in [5.41, 5.74) is 1.08. The van der Waals surface area contributed by atoms with Gasteiger partial charge in [-0.3, -0.25) is 4.57 Å². The van der Waals surface area contributed by atoms with E-state index in [1.165, 1.54) is 0 Å². The number of hydrogen-bond donors (Lipinski definition) is 1. The second-order valence-electron chi connectivity index (χ2n) is 4.58. The van der Waals surface area contributed by atoms with Crippen LogP contribution in [-0.2, 0) is 12.8 Å². The summed E-state index contributed by atoms with van der Waals surface area (Å²) in [4.78, 5) is 0. The van der Waals surface area contributed by atoms with Gasteiger partial charge in [0.25, 0.3) is 0 Å². The molecule has 0 amide bonds. The summed E-state index contributed by atoms with van der Waals surface area (Å²) >= 11 is 5.96. The van der Waals surface area contributed by atoms with Gasteiger partial charge in [0.2, 0.25) is 0 Å². The lowest BCUT2D eigenvalue weighted by atomic mass is 10.1. The van der Waals surface area contributed by atoms with Gasteiger partial charge in [-0.15, -0.1) is 10.2 Å². The Hall–Kier alpha value is -1.39. The lowest BCUT2D eigenvalue weighted by molar-refractivity contribution is 0.0753. The van der Waals surface area contributed by atoms with Gasteiger partial charge in [0.15, 0.2) is 0 Å². The second-order valence-corrected chi connectivity index (χ2v) is 5.02. The van der Waals surface area contributed by atoms with Crippen LogP contribution in [0.2, 0.25) is 5.02 Å². The number of fused-ring (bicyclic) bond motifs is 1. The van der Waals surface area contributed by atoms with E-state index in [1.807, 2.05) is 28.8 Å². The zero-order valence-corrected chi connectivity index (χ0v) is 10.6. The molecule has 0 bridgehead atoms. The van der Waals surface area contributed by atoms with Gasteiger partial charge in [0.05, 0.1) is 0 Å². The molecule has 1 unspecified atom stereocenters. The molecule has 4 nitrogen and oxygen atoms in total. The molecule has 94 valence electrons. The maximum Gasteiger partial charge on any atom is 0.139 e. The molecule has 1 aromatic heterocycles. The second kappa shape index (κ2) is 4.71. The van der Waals surface area contributed by atoms with Crippen LogP contribution in [0.4, 0.5) is 0 Å². The Kier molecular flexibility index (Phi) is 3.06. The monoisotopic (exact) mass is 263 g/mol. The van der Waals surface area contributed by atoms with E-state index < -0.39 is 6.23 Å². The number of aromatic nitrogens is 3. The van der Waals surface area contributed by atoms with Crippen LogP contribution in [0.25, 0.3) is 0 Å². The molecule has 0 aliphatic carbocycles. The predicted octanol–water partition coefficient (Wildman–Crippen LogP) is 2.35. The number of aryl methyl sites for hydroxylation is 1. The first-order chi connectivity index (χ1) is 8.74. The maximum absolute atomic E-state index is 10.0. The van der Waals surface area contributed by atoms with Gasteiger partial charge in [-0.05, 0) is 30.5 Å². The summed E-state index contributed by atoms with van der Waals surface area (Å²) in [5.74, 6) is 1.69. The van der Waals surface area contributed by atoms with E-state index in [4.69, 9.17) is 11.6 Å². The van der Waals surface area contributed by atoms with Crippen molar-refractivity contribution in [1.82, 2.24) is 14.8 Å². The first-order valence-corrected chi connectivity index (χ1v) is 6.47. The number of halogens is 1. The number of rotatable bonds is 2. The standard InChI is InChI=1S/C13H14ClN3O/c14-10-4-1-3-9(7-10)8-12-16-15-11-5-2-6-13(18)17(11)12/h1,3-4,7,13,18H,2,5-6,8H2. The molecule has 0 saturated carbocycles. The maximum atomic E-state index is 10.0. The topological polar surface area (TPSA) is 50.9 Å².